The number of amides is 2. The van der Waals surface area contributed by atoms with Crippen molar-refractivity contribution >= 4 is 39.6 Å². The highest BCUT2D eigenvalue weighted by molar-refractivity contribution is 7.87. The Morgan fingerprint density at radius 3 is 2.20 bits per heavy atom. The maximum absolute atomic E-state index is 12.0. The van der Waals surface area contributed by atoms with E-state index in [9.17, 15) is 18.0 Å². The molecule has 0 aromatic heterocycles. The smallest absolute Gasteiger partial charge is 0.427 e. The fraction of sp³-hybridized carbons (Fsp3) is 0.0667. The molecule has 0 fully saturated rings. The number of hydrogen-bond acceptors (Lipinski definition) is 5. The summed E-state index contributed by atoms with van der Waals surface area (Å²) in [5, 5.41) is 13.3. The molecule has 3 N–H and O–H groups in total. The maximum Gasteiger partial charge on any atom is 0.427 e. The van der Waals surface area contributed by atoms with E-state index in [0.29, 0.717) is 10.6 Å². The molecule has 0 aliphatic carbocycles. The van der Waals surface area contributed by atoms with Crippen LogP contribution in [0.4, 0.5) is 15.3 Å². The Morgan fingerprint density at radius 2 is 1.64 bits per heavy atom. The van der Waals surface area contributed by atoms with Crippen LogP contribution in [0.1, 0.15) is 5.56 Å². The van der Waals surface area contributed by atoms with Crippen molar-refractivity contribution in [2.24, 2.45) is 0 Å². The Balaban J connectivity index is 1.97. The lowest BCUT2D eigenvalue weighted by molar-refractivity contribution is 0.194. The maximum atomic E-state index is 12.0. The molecule has 0 atom stereocenters. The molecule has 8 nitrogen and oxygen atoms in total. The van der Waals surface area contributed by atoms with Crippen molar-refractivity contribution in [3.63, 3.8) is 0 Å². The summed E-state index contributed by atoms with van der Waals surface area (Å²) in [7, 11) is -4.27. The predicted octanol–water partition coefficient (Wildman–Crippen LogP) is 3.05. The molecular formula is C15H13ClN2O6S. The molecule has 0 unspecified atom stereocenters. The zero-order valence-electron chi connectivity index (χ0n) is 12.6. The molecular weight excluding hydrogens is 372 g/mol. The summed E-state index contributed by atoms with van der Waals surface area (Å²) in [6.07, 6.45) is -2.33. The predicted molar refractivity (Wildman–Crippen MR) is 90.0 cm³/mol. The van der Waals surface area contributed by atoms with Crippen LogP contribution in [0, 0.1) is 0 Å². The summed E-state index contributed by atoms with van der Waals surface area (Å²) in [5.74, 6) is 0. The average Bonchev–Trinajstić information content (AvgIpc) is 2.54. The summed E-state index contributed by atoms with van der Waals surface area (Å²) in [6, 6.07) is 11.3. The summed E-state index contributed by atoms with van der Waals surface area (Å²) in [5.41, 5.74) is 0.950. The second kappa shape index (κ2) is 7.86. The molecule has 0 aliphatic heterocycles. The van der Waals surface area contributed by atoms with Gasteiger partial charge in [0.25, 0.3) is 0 Å². The van der Waals surface area contributed by atoms with Crippen LogP contribution < -0.4 is 10.6 Å². The van der Waals surface area contributed by atoms with Gasteiger partial charge in [-0.3, -0.25) is 5.32 Å². The van der Waals surface area contributed by atoms with Crippen LogP contribution in [0.15, 0.2) is 53.4 Å². The van der Waals surface area contributed by atoms with Gasteiger partial charge in [0.15, 0.2) is 0 Å². The van der Waals surface area contributed by atoms with Gasteiger partial charge in [-0.2, -0.15) is 8.42 Å². The first kappa shape index (κ1) is 18.6. The first-order valence-corrected chi connectivity index (χ1v) is 8.62. The van der Waals surface area contributed by atoms with Gasteiger partial charge in [0.05, 0.1) is 0 Å². The number of hydrogen-bond donors (Lipinski definition) is 3. The third kappa shape index (κ3) is 5.66. The van der Waals surface area contributed by atoms with Crippen molar-refractivity contribution in [3.8, 4) is 0 Å². The van der Waals surface area contributed by atoms with Crippen LogP contribution >= 0.6 is 11.6 Å². The second-order valence-electron chi connectivity index (χ2n) is 4.76. The highest BCUT2D eigenvalue weighted by Gasteiger charge is 2.20. The standard InChI is InChI=1S/C15H13ClN2O6S/c16-11-3-7-13(8-4-11)25(22,23)24-15(21)18-12-5-1-10(2-6-12)9-17-14(19)20/h1-8,17H,9H2,(H,18,21)(H,19,20). The molecule has 2 aromatic rings. The van der Waals surface area contributed by atoms with Crippen LogP contribution in [0.3, 0.4) is 0 Å². The van der Waals surface area contributed by atoms with Gasteiger partial charge in [0.2, 0.25) is 0 Å². The number of carbonyl (C=O) groups is 2. The number of benzene rings is 2. The van der Waals surface area contributed by atoms with E-state index >= 15 is 0 Å². The normalized spacial score (nSPS) is 10.8. The Kier molecular flexibility index (Phi) is 5.84. The number of anilines is 1. The van der Waals surface area contributed by atoms with Crippen molar-refractivity contribution in [2.45, 2.75) is 11.4 Å². The number of halogens is 1. The molecule has 0 saturated carbocycles. The lowest BCUT2D eigenvalue weighted by atomic mass is 10.2. The van der Waals surface area contributed by atoms with Gasteiger partial charge >= 0.3 is 22.3 Å². The molecule has 25 heavy (non-hydrogen) atoms. The van der Waals surface area contributed by atoms with Crippen LogP contribution in [0.5, 0.6) is 0 Å². The van der Waals surface area contributed by atoms with Gasteiger partial charge in [-0.25, -0.2) is 9.59 Å². The molecule has 0 saturated heterocycles. The van der Waals surface area contributed by atoms with E-state index in [-0.39, 0.29) is 17.1 Å². The van der Waals surface area contributed by atoms with E-state index in [0.717, 1.165) is 0 Å². The highest BCUT2D eigenvalue weighted by atomic mass is 35.5. The lowest BCUT2D eigenvalue weighted by Gasteiger charge is -2.08. The minimum absolute atomic E-state index is 0.102. The van der Waals surface area contributed by atoms with Gasteiger partial charge in [-0.15, -0.1) is 0 Å². The number of rotatable bonds is 5. The Morgan fingerprint density at radius 1 is 1.04 bits per heavy atom. The first-order valence-electron chi connectivity index (χ1n) is 6.83. The highest BCUT2D eigenvalue weighted by Crippen LogP contribution is 2.17. The first-order chi connectivity index (χ1) is 11.8. The monoisotopic (exact) mass is 384 g/mol. The molecule has 0 spiro atoms. The van der Waals surface area contributed by atoms with E-state index in [1.54, 1.807) is 12.1 Å². The van der Waals surface area contributed by atoms with E-state index in [1.165, 1.54) is 36.4 Å². The van der Waals surface area contributed by atoms with Crippen molar-refractivity contribution in [1.82, 2.24) is 5.32 Å². The quantitative estimate of drug-likeness (QED) is 0.681. The Hall–Kier alpha value is -2.78. The van der Waals surface area contributed by atoms with Crippen molar-refractivity contribution in [2.75, 3.05) is 5.32 Å². The summed E-state index contributed by atoms with van der Waals surface area (Å²) >= 11 is 5.68. The van der Waals surface area contributed by atoms with Crippen LogP contribution in [0.2, 0.25) is 5.02 Å². The Bertz CT molecular complexity index is 866. The summed E-state index contributed by atoms with van der Waals surface area (Å²) < 4.78 is 28.4. The van der Waals surface area contributed by atoms with Crippen molar-refractivity contribution in [1.29, 1.82) is 0 Å². The summed E-state index contributed by atoms with van der Waals surface area (Å²) in [4.78, 5) is 21.9. The van der Waals surface area contributed by atoms with E-state index in [2.05, 4.69) is 14.8 Å². The molecule has 132 valence electrons. The molecule has 2 aromatic carbocycles. The largest absolute Gasteiger partial charge is 0.465 e. The second-order valence-corrected chi connectivity index (χ2v) is 6.74. The van der Waals surface area contributed by atoms with Crippen molar-refractivity contribution in [3.05, 3.63) is 59.1 Å². The third-order valence-electron chi connectivity index (χ3n) is 2.93. The van der Waals surface area contributed by atoms with Crippen molar-refractivity contribution < 1.29 is 27.3 Å². The van der Waals surface area contributed by atoms with E-state index in [1.807, 2.05) is 0 Å². The molecule has 0 aliphatic rings. The molecule has 0 radical (unpaired) electrons. The molecule has 2 rings (SSSR count). The SMILES string of the molecule is O=C(O)NCc1ccc(NC(=O)OS(=O)(=O)c2ccc(Cl)cc2)cc1. The van der Waals surface area contributed by atoms with Crippen LogP contribution in [0.25, 0.3) is 0 Å². The molecule has 10 heteroatoms. The zero-order chi connectivity index (χ0) is 18.4. The molecule has 0 heterocycles. The lowest BCUT2D eigenvalue weighted by Crippen LogP contribution is -2.20. The van der Waals surface area contributed by atoms with Gasteiger partial charge in [-0.05, 0) is 42.0 Å². The van der Waals surface area contributed by atoms with Crippen LogP contribution in [-0.2, 0) is 20.8 Å². The van der Waals surface area contributed by atoms with Gasteiger partial charge in [0, 0.05) is 17.3 Å². The van der Waals surface area contributed by atoms with E-state index < -0.39 is 22.3 Å². The van der Waals surface area contributed by atoms with Gasteiger partial charge in [0.1, 0.15) is 4.90 Å². The minimum Gasteiger partial charge on any atom is -0.465 e. The third-order valence-corrected chi connectivity index (χ3v) is 4.40. The molecule has 2 amide bonds. The fourth-order valence-electron chi connectivity index (χ4n) is 1.77. The fourth-order valence-corrected chi connectivity index (χ4v) is 2.70. The van der Waals surface area contributed by atoms with Gasteiger partial charge in [-0.1, -0.05) is 23.7 Å². The summed E-state index contributed by atoms with van der Waals surface area (Å²) in [6.45, 7) is 0.102. The number of carbonyl (C=O) groups excluding carboxylic acids is 1. The Labute approximate surface area is 148 Å². The zero-order valence-corrected chi connectivity index (χ0v) is 14.2. The topological polar surface area (TPSA) is 122 Å². The average molecular weight is 385 g/mol. The van der Waals surface area contributed by atoms with Crippen LogP contribution in [-0.4, -0.2) is 25.7 Å². The van der Waals surface area contributed by atoms with E-state index in [4.69, 9.17) is 16.7 Å². The minimum atomic E-state index is -4.27. The molecule has 0 bridgehead atoms. The number of carboxylic acid groups (broad SMARTS) is 1. The van der Waals surface area contributed by atoms with Gasteiger partial charge < -0.3 is 14.6 Å². The number of nitrogens with one attached hydrogen (secondary N) is 2.